The monoisotopic (exact) mass is 267 g/mol. The molecule has 0 bridgehead atoms. The molecule has 2 aromatic heterocycles. The van der Waals surface area contributed by atoms with Gasteiger partial charge in [-0.1, -0.05) is 16.5 Å². The van der Waals surface area contributed by atoms with Crippen LogP contribution in [0.1, 0.15) is 28.2 Å². The quantitative estimate of drug-likeness (QED) is 0.845. The molecule has 0 radical (unpaired) electrons. The van der Waals surface area contributed by atoms with Gasteiger partial charge in [-0.3, -0.25) is 4.79 Å². The van der Waals surface area contributed by atoms with Crippen molar-refractivity contribution in [1.29, 1.82) is 0 Å². The van der Waals surface area contributed by atoms with Gasteiger partial charge in [-0.25, -0.2) is 0 Å². The molecule has 0 saturated carbocycles. The first-order valence-electron chi connectivity index (χ1n) is 5.47. The van der Waals surface area contributed by atoms with Gasteiger partial charge in [-0.05, 0) is 13.8 Å². The van der Waals surface area contributed by atoms with Gasteiger partial charge in [0.05, 0.1) is 6.54 Å². The molecule has 0 saturated heterocycles. The Morgan fingerprint density at radius 3 is 3.00 bits per heavy atom. The topological polar surface area (TPSA) is 92.9 Å². The molecule has 0 spiro atoms. The SMILES string of the molecule is CCNc1nnc(C(=O)NCc2cc(C)on2)s1. The molecule has 2 N–H and O–H groups in total. The fourth-order valence-electron chi connectivity index (χ4n) is 1.29. The van der Waals surface area contributed by atoms with Crippen LogP contribution in [0.25, 0.3) is 0 Å². The molecule has 0 aromatic carbocycles. The summed E-state index contributed by atoms with van der Waals surface area (Å²) >= 11 is 1.22. The predicted molar refractivity (Wildman–Crippen MR) is 66.5 cm³/mol. The first-order valence-corrected chi connectivity index (χ1v) is 6.28. The van der Waals surface area contributed by atoms with Gasteiger partial charge in [-0.2, -0.15) is 0 Å². The molecule has 18 heavy (non-hydrogen) atoms. The first kappa shape index (κ1) is 12.5. The average molecular weight is 267 g/mol. The minimum atomic E-state index is -0.266. The van der Waals surface area contributed by atoms with Gasteiger partial charge in [0.25, 0.3) is 5.91 Å². The van der Waals surface area contributed by atoms with Crippen LogP contribution in [0.4, 0.5) is 5.13 Å². The van der Waals surface area contributed by atoms with Crippen LogP contribution in [-0.2, 0) is 6.54 Å². The van der Waals surface area contributed by atoms with E-state index in [9.17, 15) is 4.79 Å². The molecule has 7 nitrogen and oxygen atoms in total. The zero-order chi connectivity index (χ0) is 13.0. The van der Waals surface area contributed by atoms with Gasteiger partial charge in [0.1, 0.15) is 11.5 Å². The Labute approximate surface area is 108 Å². The lowest BCUT2D eigenvalue weighted by molar-refractivity contribution is 0.0949. The summed E-state index contributed by atoms with van der Waals surface area (Å²) in [5.74, 6) is 0.446. The second-order valence-corrected chi connectivity index (χ2v) is 4.53. The number of rotatable bonds is 5. The van der Waals surface area contributed by atoms with Crippen molar-refractivity contribution in [2.75, 3.05) is 11.9 Å². The summed E-state index contributed by atoms with van der Waals surface area (Å²) in [6.07, 6.45) is 0. The molecule has 0 atom stereocenters. The van der Waals surface area contributed by atoms with Crippen molar-refractivity contribution < 1.29 is 9.32 Å². The highest BCUT2D eigenvalue weighted by atomic mass is 32.1. The third-order valence-electron chi connectivity index (χ3n) is 2.05. The zero-order valence-electron chi connectivity index (χ0n) is 10.1. The maximum absolute atomic E-state index is 11.8. The second kappa shape index (κ2) is 5.58. The largest absolute Gasteiger partial charge is 0.361 e. The van der Waals surface area contributed by atoms with E-state index in [1.807, 2.05) is 6.92 Å². The van der Waals surface area contributed by atoms with Gasteiger partial charge in [0, 0.05) is 12.6 Å². The summed E-state index contributed by atoms with van der Waals surface area (Å²) in [4.78, 5) is 11.8. The molecule has 1 amide bonds. The van der Waals surface area contributed by atoms with Gasteiger partial charge in [0.15, 0.2) is 0 Å². The molecule has 0 aliphatic rings. The van der Waals surface area contributed by atoms with Gasteiger partial charge in [-0.15, -0.1) is 10.2 Å². The minimum absolute atomic E-state index is 0.266. The van der Waals surface area contributed by atoms with Crippen molar-refractivity contribution in [2.45, 2.75) is 20.4 Å². The smallest absolute Gasteiger partial charge is 0.282 e. The van der Waals surface area contributed by atoms with Gasteiger partial charge < -0.3 is 15.2 Å². The summed E-state index contributed by atoms with van der Waals surface area (Å²) in [5.41, 5.74) is 0.678. The molecule has 8 heteroatoms. The number of aromatic nitrogens is 3. The predicted octanol–water partition coefficient (Wildman–Crippen LogP) is 1.20. The fraction of sp³-hybridized carbons (Fsp3) is 0.400. The van der Waals surface area contributed by atoms with E-state index < -0.39 is 0 Å². The summed E-state index contributed by atoms with van der Waals surface area (Å²) < 4.78 is 4.90. The van der Waals surface area contributed by atoms with E-state index in [2.05, 4.69) is 26.0 Å². The van der Waals surface area contributed by atoms with Crippen LogP contribution in [0.3, 0.4) is 0 Å². The van der Waals surface area contributed by atoms with Crippen molar-refractivity contribution in [3.05, 3.63) is 22.5 Å². The lowest BCUT2D eigenvalue weighted by atomic mass is 10.4. The number of nitrogens with zero attached hydrogens (tertiary/aromatic N) is 3. The molecule has 0 aliphatic heterocycles. The Balaban J connectivity index is 1.90. The number of amides is 1. The Morgan fingerprint density at radius 2 is 2.33 bits per heavy atom. The highest BCUT2D eigenvalue weighted by molar-refractivity contribution is 7.17. The van der Waals surface area contributed by atoms with E-state index in [0.717, 1.165) is 6.54 Å². The van der Waals surface area contributed by atoms with Crippen molar-refractivity contribution >= 4 is 22.4 Å². The van der Waals surface area contributed by atoms with Crippen LogP contribution in [0.5, 0.6) is 0 Å². The van der Waals surface area contributed by atoms with Crippen LogP contribution in [0, 0.1) is 6.92 Å². The highest BCUT2D eigenvalue weighted by Crippen LogP contribution is 2.14. The standard InChI is InChI=1S/C10H13N5O2S/c1-3-11-10-14-13-9(18-10)8(16)12-5-7-4-6(2)17-15-7/h4H,3,5H2,1-2H3,(H,11,14)(H,12,16). The van der Waals surface area contributed by atoms with Crippen LogP contribution in [-0.4, -0.2) is 27.8 Å². The Morgan fingerprint density at radius 1 is 1.50 bits per heavy atom. The van der Waals surface area contributed by atoms with Crippen molar-refractivity contribution in [1.82, 2.24) is 20.7 Å². The van der Waals surface area contributed by atoms with E-state index in [1.165, 1.54) is 11.3 Å². The molecule has 2 heterocycles. The normalized spacial score (nSPS) is 10.3. The summed E-state index contributed by atoms with van der Waals surface area (Å²) in [5, 5.41) is 18.1. The molecular weight excluding hydrogens is 254 g/mol. The number of hydrogen-bond donors (Lipinski definition) is 2. The maximum atomic E-state index is 11.8. The Bertz CT molecular complexity index is 536. The van der Waals surface area contributed by atoms with Crippen molar-refractivity contribution in [3.8, 4) is 0 Å². The van der Waals surface area contributed by atoms with E-state index >= 15 is 0 Å². The number of anilines is 1. The van der Waals surface area contributed by atoms with Crippen molar-refractivity contribution in [3.63, 3.8) is 0 Å². The van der Waals surface area contributed by atoms with Crippen LogP contribution in [0.2, 0.25) is 0 Å². The summed E-state index contributed by atoms with van der Waals surface area (Å²) in [7, 11) is 0. The van der Waals surface area contributed by atoms with Crippen LogP contribution >= 0.6 is 11.3 Å². The van der Waals surface area contributed by atoms with Gasteiger partial charge >= 0.3 is 0 Å². The zero-order valence-corrected chi connectivity index (χ0v) is 10.9. The van der Waals surface area contributed by atoms with E-state index in [0.29, 0.717) is 28.1 Å². The van der Waals surface area contributed by atoms with Crippen LogP contribution < -0.4 is 10.6 Å². The van der Waals surface area contributed by atoms with E-state index in [-0.39, 0.29) is 5.91 Å². The third-order valence-corrected chi connectivity index (χ3v) is 2.93. The van der Waals surface area contributed by atoms with Crippen LogP contribution in [0.15, 0.2) is 10.6 Å². The number of carbonyl (C=O) groups excluding carboxylic acids is 1. The maximum Gasteiger partial charge on any atom is 0.282 e. The Hall–Kier alpha value is -1.96. The molecule has 2 rings (SSSR count). The highest BCUT2D eigenvalue weighted by Gasteiger charge is 2.12. The molecule has 96 valence electrons. The van der Waals surface area contributed by atoms with E-state index in [4.69, 9.17) is 4.52 Å². The summed E-state index contributed by atoms with van der Waals surface area (Å²) in [6, 6.07) is 1.77. The number of aryl methyl sites for hydroxylation is 1. The first-order chi connectivity index (χ1) is 8.69. The minimum Gasteiger partial charge on any atom is -0.361 e. The number of nitrogens with one attached hydrogen (secondary N) is 2. The van der Waals surface area contributed by atoms with E-state index in [1.54, 1.807) is 13.0 Å². The summed E-state index contributed by atoms with van der Waals surface area (Å²) in [6.45, 7) is 4.81. The third kappa shape index (κ3) is 3.04. The molecular formula is C10H13N5O2S. The molecule has 2 aromatic rings. The Kier molecular flexibility index (Phi) is 3.88. The van der Waals surface area contributed by atoms with Crippen molar-refractivity contribution in [2.24, 2.45) is 0 Å². The number of hydrogen-bond acceptors (Lipinski definition) is 7. The lowest BCUT2D eigenvalue weighted by Gasteiger charge is -1.97. The average Bonchev–Trinajstić information content (AvgIpc) is 2.96. The number of carbonyl (C=O) groups is 1. The molecule has 0 fully saturated rings. The molecule has 0 aliphatic carbocycles. The fourth-order valence-corrected chi connectivity index (χ4v) is 2.01. The molecule has 0 unspecified atom stereocenters. The van der Waals surface area contributed by atoms with Gasteiger partial charge in [0.2, 0.25) is 10.1 Å². The second-order valence-electron chi connectivity index (χ2n) is 3.55. The lowest BCUT2D eigenvalue weighted by Crippen LogP contribution is -2.22.